The van der Waals surface area contributed by atoms with Crippen LogP contribution in [0.15, 0.2) is 40.3 Å². The van der Waals surface area contributed by atoms with Crippen LogP contribution in [0.25, 0.3) is 0 Å². The molecular formula is C38H65NO6S2. The molecule has 1 fully saturated rings. The number of benzene rings is 1. The number of hydrogen-bond donors (Lipinski definition) is 0. The molecule has 0 spiro atoms. The summed E-state index contributed by atoms with van der Waals surface area (Å²) in [6.45, 7) is 8.93. The third kappa shape index (κ3) is 16.9. The summed E-state index contributed by atoms with van der Waals surface area (Å²) in [6.07, 6.45) is 25.8. The van der Waals surface area contributed by atoms with Crippen molar-refractivity contribution < 1.29 is 26.8 Å². The maximum atomic E-state index is 12.8. The molecule has 0 amide bonds. The zero-order valence-corrected chi connectivity index (χ0v) is 31.4. The second-order valence-corrected chi connectivity index (χ2v) is 16.0. The smallest absolute Gasteiger partial charge is 0.299 e. The summed E-state index contributed by atoms with van der Waals surface area (Å²) in [6, 6.07) is 6.78. The van der Waals surface area contributed by atoms with E-state index < -0.39 is 15.7 Å². The van der Waals surface area contributed by atoms with Crippen molar-refractivity contribution in [1.29, 1.82) is 0 Å². The fourth-order valence-electron chi connectivity index (χ4n) is 6.17. The van der Waals surface area contributed by atoms with Crippen LogP contribution in [0.2, 0.25) is 0 Å². The number of thioether (sulfide) groups is 1. The molecule has 3 rings (SSSR count). The molecule has 270 valence electrons. The zero-order valence-electron chi connectivity index (χ0n) is 29.8. The lowest BCUT2D eigenvalue weighted by molar-refractivity contribution is -0.0761. The monoisotopic (exact) mass is 695 g/mol. The number of unbranched alkanes of at least 4 members (excludes halogenated alkanes) is 17. The van der Waals surface area contributed by atoms with Crippen LogP contribution in [-0.2, 0) is 28.5 Å². The van der Waals surface area contributed by atoms with Gasteiger partial charge in [-0.05, 0) is 57.1 Å². The minimum Gasteiger partial charge on any atom is -0.379 e. The predicted octanol–water partition coefficient (Wildman–Crippen LogP) is 10.5. The van der Waals surface area contributed by atoms with Gasteiger partial charge >= 0.3 is 0 Å². The number of nitrogens with zero attached hydrogens (tertiary/aromatic N) is 1. The highest BCUT2D eigenvalue weighted by atomic mass is 32.2. The van der Waals surface area contributed by atoms with Crippen molar-refractivity contribution in [2.75, 3.05) is 26.4 Å². The van der Waals surface area contributed by atoms with Gasteiger partial charge in [-0.3, -0.25) is 0 Å². The van der Waals surface area contributed by atoms with Crippen LogP contribution in [-0.4, -0.2) is 57.6 Å². The van der Waals surface area contributed by atoms with Crippen molar-refractivity contribution in [3.8, 4) is 0 Å². The largest absolute Gasteiger partial charge is 0.379 e. The van der Waals surface area contributed by atoms with Crippen molar-refractivity contribution in [2.45, 2.75) is 172 Å². The lowest BCUT2D eigenvalue weighted by Gasteiger charge is -2.27. The molecule has 0 N–H and O–H groups in total. The molecule has 2 aliphatic rings. The molecule has 3 atom stereocenters. The van der Waals surface area contributed by atoms with Crippen molar-refractivity contribution in [3.63, 3.8) is 0 Å². The van der Waals surface area contributed by atoms with Gasteiger partial charge in [0.05, 0.1) is 18.1 Å². The van der Waals surface area contributed by atoms with E-state index in [4.69, 9.17) is 18.4 Å². The lowest BCUT2D eigenvalue weighted by Crippen LogP contribution is -2.32. The Labute approximate surface area is 292 Å². The second-order valence-electron chi connectivity index (χ2n) is 13.5. The summed E-state index contributed by atoms with van der Waals surface area (Å²) in [5.74, 6) is 0. The highest BCUT2D eigenvalue weighted by molar-refractivity contribution is 8.03. The average Bonchev–Trinajstić information content (AvgIpc) is 3.65. The standard InChI is InChI=1S/C38H65NO6S2/c1-4-5-6-7-8-9-10-11-12-13-14-15-16-17-20-23-37-43-31-35(44-37)30-42-29-22-19-18-21-28-39-34(3)32-46-38(39)45-47(40,41)36-26-24-33(2)25-27-36/h24-27,32,35,37-38H,4-23,28-31H2,1-3H3. The summed E-state index contributed by atoms with van der Waals surface area (Å²) in [7, 11) is -3.82. The molecule has 2 aliphatic heterocycles. The van der Waals surface area contributed by atoms with Gasteiger partial charge in [-0.2, -0.15) is 8.42 Å². The van der Waals surface area contributed by atoms with Crippen molar-refractivity contribution in [3.05, 3.63) is 40.9 Å². The van der Waals surface area contributed by atoms with Gasteiger partial charge in [0.15, 0.2) is 6.29 Å². The Hall–Kier alpha value is -1.10. The Balaban J connectivity index is 1.10. The van der Waals surface area contributed by atoms with E-state index in [9.17, 15) is 8.42 Å². The average molecular weight is 696 g/mol. The first-order chi connectivity index (χ1) is 22.9. The van der Waals surface area contributed by atoms with E-state index in [1.54, 1.807) is 24.3 Å². The molecular weight excluding hydrogens is 631 g/mol. The van der Waals surface area contributed by atoms with E-state index in [1.807, 2.05) is 24.2 Å². The Morgan fingerprint density at radius 3 is 2.00 bits per heavy atom. The SMILES string of the molecule is CCCCCCCCCCCCCCCCCC1OCC(COCCCCCCN2C(C)=CSC2OS(=O)(=O)c2ccc(C)cc2)O1. The van der Waals surface area contributed by atoms with E-state index in [0.717, 1.165) is 56.5 Å². The second kappa shape index (κ2) is 24.1. The van der Waals surface area contributed by atoms with E-state index in [1.165, 1.54) is 108 Å². The van der Waals surface area contributed by atoms with Gasteiger partial charge in [-0.25, -0.2) is 4.18 Å². The first-order valence-electron chi connectivity index (χ1n) is 18.8. The number of hydrogen-bond acceptors (Lipinski definition) is 8. The molecule has 0 aliphatic carbocycles. The van der Waals surface area contributed by atoms with Gasteiger partial charge in [0, 0.05) is 18.8 Å². The first-order valence-corrected chi connectivity index (χ1v) is 21.2. The summed E-state index contributed by atoms with van der Waals surface area (Å²) in [5.41, 5.74) is 1.50. The van der Waals surface area contributed by atoms with Crippen LogP contribution in [0.1, 0.15) is 148 Å². The molecule has 9 heteroatoms. The maximum absolute atomic E-state index is 12.8. The summed E-state index contributed by atoms with van der Waals surface area (Å²) in [5, 5.41) is 1.98. The molecule has 47 heavy (non-hydrogen) atoms. The van der Waals surface area contributed by atoms with E-state index in [2.05, 4.69) is 6.92 Å². The number of aryl methyl sites for hydroxylation is 1. The minimum absolute atomic E-state index is 0.0480. The molecule has 1 saturated heterocycles. The van der Waals surface area contributed by atoms with Crippen molar-refractivity contribution in [1.82, 2.24) is 4.90 Å². The van der Waals surface area contributed by atoms with Gasteiger partial charge < -0.3 is 19.1 Å². The molecule has 0 bridgehead atoms. The van der Waals surface area contributed by atoms with Gasteiger partial charge in [0.2, 0.25) is 5.56 Å². The molecule has 0 radical (unpaired) electrons. The number of rotatable bonds is 28. The maximum Gasteiger partial charge on any atom is 0.299 e. The Morgan fingerprint density at radius 1 is 0.787 bits per heavy atom. The van der Waals surface area contributed by atoms with Crippen LogP contribution < -0.4 is 0 Å². The third-order valence-corrected chi connectivity index (χ3v) is 11.6. The van der Waals surface area contributed by atoms with Crippen molar-refractivity contribution >= 4 is 21.9 Å². The van der Waals surface area contributed by atoms with Gasteiger partial charge in [0.1, 0.15) is 6.10 Å². The Morgan fingerprint density at radius 2 is 1.36 bits per heavy atom. The van der Waals surface area contributed by atoms with Gasteiger partial charge in [-0.15, -0.1) is 0 Å². The molecule has 0 saturated carbocycles. The van der Waals surface area contributed by atoms with Crippen LogP contribution in [0.3, 0.4) is 0 Å². The topological polar surface area (TPSA) is 74.3 Å². The van der Waals surface area contributed by atoms with E-state index in [0.29, 0.717) is 13.2 Å². The summed E-state index contributed by atoms with van der Waals surface area (Å²) in [4.78, 5) is 2.23. The Bertz CT molecular complexity index is 1080. The quantitative estimate of drug-likeness (QED) is 0.0633. The third-order valence-electron chi connectivity index (χ3n) is 9.18. The summed E-state index contributed by atoms with van der Waals surface area (Å²) >= 11 is 1.40. The molecule has 3 unspecified atom stereocenters. The van der Waals surface area contributed by atoms with E-state index >= 15 is 0 Å². The molecule has 7 nitrogen and oxygen atoms in total. The lowest BCUT2D eigenvalue weighted by atomic mass is 10.0. The van der Waals surface area contributed by atoms with Crippen LogP contribution in [0, 0.1) is 6.92 Å². The number of ether oxygens (including phenoxy) is 3. The fourth-order valence-corrected chi connectivity index (χ4v) is 8.43. The molecule has 2 heterocycles. The molecule has 1 aromatic rings. The Kier molecular flexibility index (Phi) is 20.7. The summed E-state index contributed by atoms with van der Waals surface area (Å²) < 4.78 is 49.0. The van der Waals surface area contributed by atoms with E-state index in [-0.39, 0.29) is 17.3 Å². The molecule has 1 aromatic carbocycles. The van der Waals surface area contributed by atoms with Gasteiger partial charge in [-0.1, -0.05) is 139 Å². The van der Waals surface area contributed by atoms with Gasteiger partial charge in [0.25, 0.3) is 10.1 Å². The van der Waals surface area contributed by atoms with Crippen LogP contribution in [0.5, 0.6) is 0 Å². The highest BCUT2D eigenvalue weighted by Crippen LogP contribution is 2.34. The minimum atomic E-state index is -3.82. The molecule has 0 aromatic heterocycles. The predicted molar refractivity (Wildman–Crippen MR) is 195 cm³/mol. The van der Waals surface area contributed by atoms with Crippen LogP contribution in [0.4, 0.5) is 0 Å². The fraction of sp³-hybridized carbons (Fsp3) is 0.789. The normalized spacial score (nSPS) is 19.9. The number of allylic oxidation sites excluding steroid dienone is 1. The van der Waals surface area contributed by atoms with Crippen LogP contribution >= 0.6 is 11.8 Å². The zero-order chi connectivity index (χ0) is 33.6. The van der Waals surface area contributed by atoms with Crippen molar-refractivity contribution in [2.24, 2.45) is 0 Å². The first kappa shape index (κ1) is 40.3. The highest BCUT2D eigenvalue weighted by Gasteiger charge is 2.31.